The van der Waals surface area contributed by atoms with Gasteiger partial charge in [0.25, 0.3) is 0 Å². The number of hydrogen-bond donors (Lipinski definition) is 3. The first-order valence-electron chi connectivity index (χ1n) is 23.1. The molecule has 2 aliphatic carbocycles. The number of ether oxygens (including phenoxy) is 5. The summed E-state index contributed by atoms with van der Waals surface area (Å²) < 4.78 is 31.1. The van der Waals surface area contributed by atoms with Gasteiger partial charge in [0.05, 0.1) is 31.4 Å². The average molecular weight is 852 g/mol. The van der Waals surface area contributed by atoms with Crippen LogP contribution in [0.1, 0.15) is 142 Å². The Morgan fingerprint density at radius 3 is 2.36 bits per heavy atom. The Balaban J connectivity index is 1.07. The lowest BCUT2D eigenvalue weighted by Crippen LogP contribution is -2.69. The van der Waals surface area contributed by atoms with E-state index < -0.39 is 77.1 Å². The molecule has 2 bridgehead atoms. The molecule has 4 aliphatic heterocycles. The number of carbonyl (C=O) groups excluding carboxylic acids is 4. The zero-order chi connectivity index (χ0) is 43.4. The highest BCUT2D eigenvalue weighted by atomic mass is 16.8. The van der Waals surface area contributed by atoms with Gasteiger partial charge in [-0.2, -0.15) is 5.06 Å². The molecule has 14 heteroatoms. The summed E-state index contributed by atoms with van der Waals surface area (Å²) in [6.45, 7) is 9.50. The van der Waals surface area contributed by atoms with E-state index in [-0.39, 0.29) is 45.4 Å². The monoisotopic (exact) mass is 851 g/mol. The number of amides is 2. The summed E-state index contributed by atoms with van der Waals surface area (Å²) in [5.41, 5.74) is -0.0325. The van der Waals surface area contributed by atoms with Gasteiger partial charge >= 0.3 is 11.9 Å². The number of hydroxylamine groups is 2. The van der Waals surface area contributed by atoms with Gasteiger partial charge in [0.2, 0.25) is 11.8 Å². The molecule has 6 aliphatic rings. The molecule has 4 saturated heterocycles. The molecule has 0 spiro atoms. The smallest absolute Gasteiger partial charge is 0.327 e. The molecule has 7 rings (SSSR count). The summed E-state index contributed by atoms with van der Waals surface area (Å²) in [6, 6.07) is 6.43. The Morgan fingerprint density at radius 2 is 1.69 bits per heavy atom. The van der Waals surface area contributed by atoms with Crippen molar-refractivity contribution in [1.82, 2.24) is 15.7 Å². The third-order valence-electron chi connectivity index (χ3n) is 13.3. The van der Waals surface area contributed by atoms with Crippen molar-refractivity contribution in [2.24, 2.45) is 11.3 Å². The van der Waals surface area contributed by atoms with Crippen molar-refractivity contribution in [2.45, 2.75) is 198 Å². The van der Waals surface area contributed by atoms with Crippen molar-refractivity contribution in [2.75, 3.05) is 13.2 Å². The number of aliphatic hydroxyl groups is 1. The third-order valence-corrected chi connectivity index (χ3v) is 13.3. The van der Waals surface area contributed by atoms with E-state index in [0.29, 0.717) is 31.0 Å². The van der Waals surface area contributed by atoms with Gasteiger partial charge < -0.3 is 39.4 Å². The second-order valence-corrected chi connectivity index (χ2v) is 19.2. The molecule has 4 heterocycles. The Kier molecular flexibility index (Phi) is 14.6. The van der Waals surface area contributed by atoms with E-state index in [4.69, 9.17) is 28.5 Å². The number of fused-ring (bicyclic) bond motifs is 5. The molecule has 2 saturated carbocycles. The standard InChI is InChI=1S/C47H69N3O11/c1-6-8-10-23-46(24-11-9-7-2)59-39-36-27-47(44(55)48-25-22-37(52)49-33(29-51)19-21-38(53)58-45(3,4)5)41(43(54)57-36)50(61-42(47)40(39)60-46)28-32-16-13-30(14-17-32)12-15-31-18-20-34-35(26-31)56-34/h12-17,31,33-36,39-42,51H,6-11,18-29H2,1-5H3,(H,48,55)(H,49,52)/t31?,33-,34?,35?,36+,39-,40-,41+,42+,47+/m0/s1. The molecule has 338 valence electrons. The van der Waals surface area contributed by atoms with Crippen LogP contribution >= 0.6 is 0 Å². The minimum atomic E-state index is -1.38. The van der Waals surface area contributed by atoms with Crippen LogP contribution in [0.3, 0.4) is 0 Å². The highest BCUT2D eigenvalue weighted by molar-refractivity contribution is 5.94. The lowest BCUT2D eigenvalue weighted by Gasteiger charge is -2.48. The molecule has 1 aromatic rings. The lowest BCUT2D eigenvalue weighted by molar-refractivity contribution is -0.224. The fraction of sp³-hybridized carbons (Fsp3) is 0.745. The maximum absolute atomic E-state index is 14.8. The van der Waals surface area contributed by atoms with Crippen LogP contribution in [0.15, 0.2) is 30.3 Å². The topological polar surface area (TPSA) is 174 Å². The van der Waals surface area contributed by atoms with Crippen LogP contribution in [0.2, 0.25) is 0 Å². The maximum Gasteiger partial charge on any atom is 0.327 e. The number of allylic oxidation sites excluding steroid dienone is 1. The summed E-state index contributed by atoms with van der Waals surface area (Å²) in [5, 5.41) is 17.3. The Bertz CT molecular complexity index is 1720. The number of unbranched alkanes of at least 4 members (excludes halogenated alkanes) is 4. The van der Waals surface area contributed by atoms with Crippen molar-refractivity contribution >= 4 is 29.8 Å². The number of esters is 2. The van der Waals surface area contributed by atoms with E-state index in [0.717, 1.165) is 68.9 Å². The molecule has 3 unspecified atom stereocenters. The number of nitrogens with one attached hydrogen (secondary N) is 2. The fourth-order valence-corrected chi connectivity index (χ4v) is 10.1. The highest BCUT2D eigenvalue weighted by Gasteiger charge is 2.76. The largest absolute Gasteiger partial charge is 0.460 e. The van der Waals surface area contributed by atoms with Crippen molar-refractivity contribution in [3.63, 3.8) is 0 Å². The van der Waals surface area contributed by atoms with Crippen molar-refractivity contribution in [3.8, 4) is 0 Å². The van der Waals surface area contributed by atoms with Crippen molar-refractivity contribution < 1.29 is 52.8 Å². The second kappa shape index (κ2) is 19.6. The SMILES string of the molecule is CCCCCC1(CCCCC)O[C@@H]2[C@H](O1)[C@H]1ON(Cc3ccc(C=CC4CCC5OC5C4)cc3)[C@@H]3C(=O)O[C@@H]2C[C@]13C(=O)NCCC(=O)N[C@H](CO)CCC(=O)OC(C)(C)C. The summed E-state index contributed by atoms with van der Waals surface area (Å²) in [7, 11) is 0. The average Bonchev–Trinajstić information content (AvgIpc) is 3.77. The number of epoxide rings is 1. The highest BCUT2D eigenvalue weighted by Crippen LogP contribution is 2.58. The second-order valence-electron chi connectivity index (χ2n) is 19.2. The maximum atomic E-state index is 14.8. The fourth-order valence-electron chi connectivity index (χ4n) is 10.1. The quantitative estimate of drug-likeness (QED) is 0.0771. The van der Waals surface area contributed by atoms with Gasteiger partial charge in [-0.25, -0.2) is 0 Å². The third kappa shape index (κ3) is 10.7. The first kappa shape index (κ1) is 45.6. The first-order valence-corrected chi connectivity index (χ1v) is 23.1. The normalized spacial score (nSPS) is 31.5. The Morgan fingerprint density at radius 1 is 0.967 bits per heavy atom. The van der Waals surface area contributed by atoms with Crippen LogP contribution in [-0.2, 0) is 54.2 Å². The van der Waals surface area contributed by atoms with Gasteiger partial charge in [-0.3, -0.25) is 24.0 Å². The number of benzene rings is 1. The number of rotatable bonds is 21. The van der Waals surface area contributed by atoms with Gasteiger partial charge in [-0.15, -0.1) is 0 Å². The molecule has 0 aromatic heterocycles. The van der Waals surface area contributed by atoms with Gasteiger partial charge in [-0.05, 0) is 76.3 Å². The molecule has 10 atom stereocenters. The van der Waals surface area contributed by atoms with E-state index in [2.05, 4.69) is 48.8 Å². The summed E-state index contributed by atoms with van der Waals surface area (Å²) >= 11 is 0. The summed E-state index contributed by atoms with van der Waals surface area (Å²) in [6.07, 6.45) is 13.5. The van der Waals surface area contributed by atoms with Crippen molar-refractivity contribution in [3.05, 3.63) is 41.5 Å². The minimum absolute atomic E-state index is 0.0245. The lowest BCUT2D eigenvalue weighted by atomic mass is 9.62. The van der Waals surface area contributed by atoms with Gasteiger partial charge in [0.15, 0.2) is 11.8 Å². The van der Waals surface area contributed by atoms with E-state index in [9.17, 15) is 24.3 Å². The van der Waals surface area contributed by atoms with Gasteiger partial charge in [-0.1, -0.05) is 75.9 Å². The zero-order valence-corrected chi connectivity index (χ0v) is 36.9. The molecule has 0 radical (unpaired) electrons. The van der Waals surface area contributed by atoms with Gasteiger partial charge in [0.1, 0.15) is 35.4 Å². The molecule has 2 amide bonds. The molecule has 1 aromatic carbocycles. The van der Waals surface area contributed by atoms with Crippen LogP contribution < -0.4 is 10.6 Å². The minimum Gasteiger partial charge on any atom is -0.460 e. The van der Waals surface area contributed by atoms with Crippen LogP contribution in [0.4, 0.5) is 0 Å². The van der Waals surface area contributed by atoms with Crippen LogP contribution in [-0.4, -0.2) is 107 Å². The molecule has 61 heavy (non-hydrogen) atoms. The van der Waals surface area contributed by atoms with E-state index in [1.165, 1.54) is 0 Å². The van der Waals surface area contributed by atoms with E-state index in [1.54, 1.807) is 25.8 Å². The predicted molar refractivity (Wildman–Crippen MR) is 225 cm³/mol. The van der Waals surface area contributed by atoms with Crippen molar-refractivity contribution in [1.29, 1.82) is 0 Å². The van der Waals surface area contributed by atoms with E-state index in [1.807, 2.05) is 12.1 Å². The number of carbonyl (C=O) groups is 4. The molecule has 14 nitrogen and oxygen atoms in total. The summed E-state index contributed by atoms with van der Waals surface area (Å²) in [4.78, 5) is 61.1. The molecule has 6 fully saturated rings. The van der Waals surface area contributed by atoms with Gasteiger partial charge in [0, 0.05) is 38.6 Å². The molecular weight excluding hydrogens is 783 g/mol. The Labute approximate surface area is 361 Å². The van der Waals surface area contributed by atoms with E-state index >= 15 is 0 Å². The van der Waals surface area contributed by atoms with Crippen LogP contribution in [0, 0.1) is 11.3 Å². The first-order chi connectivity index (χ1) is 29.3. The van der Waals surface area contributed by atoms with Crippen LogP contribution in [0.25, 0.3) is 6.08 Å². The summed E-state index contributed by atoms with van der Waals surface area (Å²) in [5.74, 6) is -2.14. The number of aliphatic hydroxyl groups excluding tert-OH is 1. The zero-order valence-electron chi connectivity index (χ0n) is 36.9. The molecular formula is C47H69N3O11. The predicted octanol–water partition coefficient (Wildman–Crippen LogP) is 5.81. The number of hydrogen-bond acceptors (Lipinski definition) is 12. The van der Waals surface area contributed by atoms with Crippen LogP contribution in [0.5, 0.6) is 0 Å². The number of nitrogens with zero attached hydrogens (tertiary/aromatic N) is 1. The Hall–Kier alpha value is -3.40. The molecule has 3 N–H and O–H groups in total.